The number of sulfonamides is 1. The Morgan fingerprint density at radius 3 is 2.36 bits per heavy atom. The van der Waals surface area contributed by atoms with Crippen LogP contribution >= 0.6 is 0 Å². The fourth-order valence-electron chi connectivity index (χ4n) is 9.15. The monoisotopic (exact) mass is 473 g/mol. The molecule has 0 bridgehead atoms. The highest BCUT2D eigenvalue weighted by Crippen LogP contribution is 2.65. The van der Waals surface area contributed by atoms with Crippen molar-refractivity contribution in [3.05, 3.63) is 30.3 Å². The average molecular weight is 474 g/mol. The van der Waals surface area contributed by atoms with E-state index in [1.165, 1.54) is 38.5 Å². The highest BCUT2D eigenvalue weighted by molar-refractivity contribution is 7.89. The third-order valence-corrected chi connectivity index (χ3v) is 12.8. The summed E-state index contributed by atoms with van der Waals surface area (Å²) in [6.07, 6.45) is 10.6. The highest BCUT2D eigenvalue weighted by Gasteiger charge is 2.58. The van der Waals surface area contributed by atoms with Gasteiger partial charge in [-0.05, 0) is 125 Å². The van der Waals surface area contributed by atoms with E-state index >= 15 is 0 Å². The molecule has 1 N–H and O–H groups in total. The molecule has 1 aromatic rings. The largest absolute Gasteiger partial charge is 0.390 e. The second kappa shape index (κ2) is 8.34. The summed E-state index contributed by atoms with van der Waals surface area (Å²) in [4.78, 5) is 0.397. The predicted molar refractivity (Wildman–Crippen MR) is 132 cm³/mol. The van der Waals surface area contributed by atoms with E-state index in [9.17, 15) is 13.5 Å². The highest BCUT2D eigenvalue weighted by atomic mass is 32.2. The van der Waals surface area contributed by atoms with E-state index in [-0.39, 0.29) is 11.5 Å². The number of fused-ring (bicyclic) bond motifs is 5. The van der Waals surface area contributed by atoms with Crippen LogP contribution in [-0.4, -0.2) is 36.5 Å². The fourth-order valence-corrected chi connectivity index (χ4v) is 10.6. The molecular formula is C28H43NO3S. The van der Waals surface area contributed by atoms with Crippen LogP contribution in [0.3, 0.4) is 0 Å². The Labute approximate surface area is 201 Å². The van der Waals surface area contributed by atoms with Crippen molar-refractivity contribution < 1.29 is 13.5 Å². The Morgan fingerprint density at radius 1 is 0.939 bits per heavy atom. The molecule has 4 saturated carbocycles. The molecule has 0 aromatic heterocycles. The molecule has 0 unspecified atom stereocenters. The van der Waals surface area contributed by atoms with Crippen molar-refractivity contribution in [2.75, 3.05) is 7.05 Å². The van der Waals surface area contributed by atoms with Crippen LogP contribution in [-0.2, 0) is 10.0 Å². The molecule has 0 radical (unpaired) electrons. The molecule has 33 heavy (non-hydrogen) atoms. The van der Waals surface area contributed by atoms with Gasteiger partial charge < -0.3 is 5.11 Å². The molecule has 9 atom stereocenters. The van der Waals surface area contributed by atoms with Gasteiger partial charge in [0.2, 0.25) is 10.0 Å². The lowest BCUT2D eigenvalue weighted by atomic mass is 9.49. The molecule has 0 amide bonds. The van der Waals surface area contributed by atoms with Gasteiger partial charge >= 0.3 is 0 Å². The van der Waals surface area contributed by atoms with Crippen molar-refractivity contribution in [2.24, 2.45) is 40.9 Å². The second-order valence-electron chi connectivity index (χ2n) is 12.5. The van der Waals surface area contributed by atoms with Crippen LogP contribution < -0.4 is 0 Å². The first kappa shape index (κ1) is 23.8. The van der Waals surface area contributed by atoms with Crippen molar-refractivity contribution in [1.29, 1.82) is 0 Å². The lowest BCUT2D eigenvalue weighted by Gasteiger charge is -2.57. The van der Waals surface area contributed by atoms with Crippen molar-refractivity contribution >= 4 is 10.0 Å². The summed E-state index contributed by atoms with van der Waals surface area (Å²) in [5.41, 5.74) is -0.228. The van der Waals surface area contributed by atoms with Crippen LogP contribution in [0.4, 0.5) is 0 Å². The zero-order chi connectivity index (χ0) is 23.6. The van der Waals surface area contributed by atoms with Crippen LogP contribution in [0.2, 0.25) is 0 Å². The Kier molecular flexibility index (Phi) is 6.02. The standard InChI is InChI=1S/C28H43NO3S/c1-19(29(4)33(31,32)21-8-6-5-7-9-21)25-12-13-26-24-11-10-20-18-27(2,30)16-14-22(20)23(24)15-17-28(25,26)3/h5-9,19-20,22-26,30H,10-18H2,1-4H3/t19-,20-,22+,23-,24-,25-,26+,27-,28-/m1/s1. The SMILES string of the molecule is C[C@H]([C@H]1CC[C@H]2[C@@H]3CC[C@@H]4C[C@](C)(O)CC[C@@H]4[C@H]3CC[C@]12C)N(C)S(=O)(=O)c1ccccc1. The molecular weight excluding hydrogens is 430 g/mol. The summed E-state index contributed by atoms with van der Waals surface area (Å²) in [6.45, 7) is 6.67. The normalized spacial score (nSPS) is 44.1. The van der Waals surface area contributed by atoms with E-state index in [1.807, 2.05) is 13.0 Å². The van der Waals surface area contributed by atoms with E-state index in [0.717, 1.165) is 42.9 Å². The lowest BCUT2D eigenvalue weighted by molar-refractivity contribution is -0.102. The zero-order valence-electron chi connectivity index (χ0n) is 20.9. The number of nitrogens with zero attached hydrogens (tertiary/aromatic N) is 1. The molecule has 5 rings (SSSR count). The first-order valence-corrected chi connectivity index (χ1v) is 14.7. The van der Waals surface area contributed by atoms with Crippen LogP contribution in [0.1, 0.15) is 78.6 Å². The van der Waals surface area contributed by atoms with Gasteiger partial charge in [0.1, 0.15) is 0 Å². The van der Waals surface area contributed by atoms with Gasteiger partial charge in [0.15, 0.2) is 0 Å². The molecule has 0 aliphatic heterocycles. The quantitative estimate of drug-likeness (QED) is 0.609. The maximum absolute atomic E-state index is 13.3. The second-order valence-corrected chi connectivity index (χ2v) is 14.5. The maximum atomic E-state index is 13.3. The summed E-state index contributed by atoms with van der Waals surface area (Å²) in [6, 6.07) is 8.90. The van der Waals surface area contributed by atoms with Crippen molar-refractivity contribution in [2.45, 2.75) is 95.1 Å². The van der Waals surface area contributed by atoms with Gasteiger partial charge in [0, 0.05) is 13.1 Å². The molecule has 0 heterocycles. The molecule has 1 aromatic carbocycles. The van der Waals surface area contributed by atoms with E-state index in [4.69, 9.17) is 0 Å². The molecule has 0 saturated heterocycles. The Bertz CT molecular complexity index is 961. The maximum Gasteiger partial charge on any atom is 0.243 e. The topological polar surface area (TPSA) is 57.6 Å². The van der Waals surface area contributed by atoms with Gasteiger partial charge in [-0.25, -0.2) is 8.42 Å². The van der Waals surface area contributed by atoms with Crippen molar-refractivity contribution in [3.8, 4) is 0 Å². The zero-order valence-corrected chi connectivity index (χ0v) is 21.7. The smallest absolute Gasteiger partial charge is 0.243 e. The molecule has 4 aliphatic rings. The van der Waals surface area contributed by atoms with Gasteiger partial charge in [-0.3, -0.25) is 0 Å². The minimum atomic E-state index is -3.48. The first-order chi connectivity index (χ1) is 15.5. The van der Waals surface area contributed by atoms with Gasteiger partial charge in [-0.2, -0.15) is 4.31 Å². The van der Waals surface area contributed by atoms with E-state index in [0.29, 0.717) is 16.7 Å². The minimum Gasteiger partial charge on any atom is -0.390 e. The van der Waals surface area contributed by atoms with Gasteiger partial charge in [-0.15, -0.1) is 0 Å². The minimum absolute atomic E-state index is 0.00266. The molecule has 4 fully saturated rings. The number of hydrogen-bond donors (Lipinski definition) is 1. The van der Waals surface area contributed by atoms with Crippen LogP contribution in [0, 0.1) is 40.9 Å². The molecule has 0 spiro atoms. The number of hydrogen-bond acceptors (Lipinski definition) is 3. The van der Waals surface area contributed by atoms with E-state index in [1.54, 1.807) is 35.6 Å². The van der Waals surface area contributed by atoms with Crippen LogP contribution in [0.15, 0.2) is 35.2 Å². The van der Waals surface area contributed by atoms with Crippen molar-refractivity contribution in [3.63, 3.8) is 0 Å². The Morgan fingerprint density at radius 2 is 1.64 bits per heavy atom. The summed E-state index contributed by atoms with van der Waals surface area (Å²) in [7, 11) is -1.69. The number of benzene rings is 1. The third-order valence-electron chi connectivity index (χ3n) is 10.9. The number of aliphatic hydroxyl groups is 1. The Hall–Kier alpha value is -0.910. The molecule has 4 nitrogen and oxygen atoms in total. The van der Waals surface area contributed by atoms with Crippen LogP contribution in [0.5, 0.6) is 0 Å². The third kappa shape index (κ3) is 3.90. The summed E-state index contributed by atoms with van der Waals surface area (Å²) in [5, 5.41) is 10.6. The molecule has 4 aliphatic carbocycles. The molecule has 5 heteroatoms. The summed E-state index contributed by atoms with van der Waals surface area (Å²) < 4.78 is 28.3. The summed E-state index contributed by atoms with van der Waals surface area (Å²) in [5.74, 6) is 4.25. The Balaban J connectivity index is 1.34. The predicted octanol–water partition coefficient (Wildman–Crippen LogP) is 5.72. The molecule has 184 valence electrons. The van der Waals surface area contributed by atoms with Gasteiger partial charge in [0.25, 0.3) is 0 Å². The first-order valence-electron chi connectivity index (χ1n) is 13.3. The van der Waals surface area contributed by atoms with Crippen molar-refractivity contribution in [1.82, 2.24) is 4.31 Å². The number of rotatable bonds is 4. The fraction of sp³-hybridized carbons (Fsp3) is 0.786. The van der Waals surface area contributed by atoms with E-state index < -0.39 is 15.6 Å². The van der Waals surface area contributed by atoms with Gasteiger partial charge in [0.05, 0.1) is 10.5 Å². The van der Waals surface area contributed by atoms with Crippen LogP contribution in [0.25, 0.3) is 0 Å². The average Bonchev–Trinajstić information content (AvgIpc) is 3.15. The lowest BCUT2D eigenvalue weighted by Crippen LogP contribution is -2.52. The van der Waals surface area contributed by atoms with Gasteiger partial charge in [-0.1, -0.05) is 25.1 Å². The van der Waals surface area contributed by atoms with E-state index in [2.05, 4.69) is 13.8 Å². The summed E-state index contributed by atoms with van der Waals surface area (Å²) >= 11 is 0.